The molecule has 0 bridgehead atoms. The first kappa shape index (κ1) is 20.2. The van der Waals surface area contributed by atoms with Crippen molar-refractivity contribution in [2.75, 3.05) is 6.61 Å². The minimum Gasteiger partial charge on any atom is -0.487 e. The number of primary amides is 1. The second kappa shape index (κ2) is 8.26. The smallest absolute Gasteiger partial charge is 0.254 e. The molecule has 1 amide bonds. The lowest BCUT2D eigenvalue weighted by molar-refractivity contribution is 0.0811. The number of hydrogen-bond acceptors (Lipinski definition) is 5. The molecule has 146 valence electrons. The van der Waals surface area contributed by atoms with E-state index in [1.807, 2.05) is 0 Å². The number of aliphatic hydroxyl groups is 1. The Hall–Kier alpha value is -2.49. The minimum absolute atomic E-state index is 0.0885. The normalized spacial score (nSPS) is 12.0. The van der Waals surface area contributed by atoms with E-state index >= 15 is 0 Å². The van der Waals surface area contributed by atoms with E-state index in [2.05, 4.69) is 20.9 Å². The zero-order valence-electron chi connectivity index (χ0n) is 14.0. The second-order valence-corrected chi connectivity index (χ2v) is 6.76. The largest absolute Gasteiger partial charge is 0.487 e. The van der Waals surface area contributed by atoms with Crippen LogP contribution in [-0.2, 0) is 0 Å². The Kier molecular flexibility index (Phi) is 5.97. The Balaban J connectivity index is 1.77. The number of nitrogens with zero attached hydrogens (tertiary/aromatic N) is 1. The van der Waals surface area contributed by atoms with Gasteiger partial charge in [-0.2, -0.15) is 0 Å². The van der Waals surface area contributed by atoms with Gasteiger partial charge in [0.15, 0.2) is 22.3 Å². The summed E-state index contributed by atoms with van der Waals surface area (Å²) in [5.74, 6) is -4.17. The van der Waals surface area contributed by atoms with Crippen molar-refractivity contribution in [3.63, 3.8) is 0 Å². The minimum atomic E-state index is -1.36. The molecule has 28 heavy (non-hydrogen) atoms. The number of aliphatic hydroxyl groups excluding tert-OH is 1. The third-order valence-electron chi connectivity index (χ3n) is 3.70. The Labute approximate surface area is 171 Å². The van der Waals surface area contributed by atoms with Crippen LogP contribution in [0.1, 0.15) is 22.4 Å². The summed E-state index contributed by atoms with van der Waals surface area (Å²) in [6.45, 7) is -0.465. The highest BCUT2D eigenvalue weighted by molar-refractivity contribution is 9.10. The Morgan fingerprint density at radius 1 is 1.29 bits per heavy atom. The third-order valence-corrected chi connectivity index (χ3v) is 4.49. The summed E-state index contributed by atoms with van der Waals surface area (Å²) in [5.41, 5.74) is 5.15. The van der Waals surface area contributed by atoms with Gasteiger partial charge in [-0.15, -0.1) is 0 Å². The molecule has 0 saturated carbocycles. The lowest BCUT2D eigenvalue weighted by Crippen LogP contribution is -2.17. The summed E-state index contributed by atoms with van der Waals surface area (Å²) >= 11 is 9.07. The molecule has 0 aliphatic carbocycles. The number of carbonyl (C=O) groups excluding carboxylic acids is 1. The average Bonchev–Trinajstić information content (AvgIpc) is 3.03. The topological polar surface area (TPSA) is 98.6 Å². The van der Waals surface area contributed by atoms with Crippen LogP contribution in [0.5, 0.6) is 5.75 Å². The van der Waals surface area contributed by atoms with E-state index in [1.165, 1.54) is 0 Å². The molecule has 3 rings (SSSR count). The average molecular weight is 474 g/mol. The number of aromatic nitrogens is 1. The van der Waals surface area contributed by atoms with E-state index in [9.17, 15) is 18.7 Å². The highest BCUT2D eigenvalue weighted by Crippen LogP contribution is 2.32. The molecule has 1 unspecified atom stereocenters. The van der Waals surface area contributed by atoms with E-state index in [0.717, 1.165) is 12.1 Å². The van der Waals surface area contributed by atoms with Gasteiger partial charge in [0, 0.05) is 10.6 Å². The number of nitrogens with two attached hydrogens (primary N) is 1. The predicted molar refractivity (Wildman–Crippen MR) is 100.0 cm³/mol. The highest BCUT2D eigenvalue weighted by atomic mass is 79.9. The van der Waals surface area contributed by atoms with Gasteiger partial charge in [0.2, 0.25) is 5.89 Å². The van der Waals surface area contributed by atoms with Crippen LogP contribution in [0.25, 0.3) is 11.3 Å². The second-order valence-electron chi connectivity index (χ2n) is 5.61. The summed E-state index contributed by atoms with van der Waals surface area (Å²) in [5, 5.41) is 10.8. The number of ether oxygens (including phenoxy) is 1. The van der Waals surface area contributed by atoms with Gasteiger partial charge in [0.25, 0.3) is 5.91 Å². The first-order valence-electron chi connectivity index (χ1n) is 7.78. The van der Waals surface area contributed by atoms with Crippen molar-refractivity contribution < 1.29 is 27.8 Å². The molecule has 0 aliphatic heterocycles. The molecule has 6 nitrogen and oxygen atoms in total. The van der Waals surface area contributed by atoms with Crippen LogP contribution in [0.2, 0.25) is 5.02 Å². The van der Waals surface area contributed by atoms with Gasteiger partial charge < -0.3 is 20.0 Å². The molecule has 0 fully saturated rings. The number of halogens is 4. The van der Waals surface area contributed by atoms with Crippen LogP contribution in [0, 0.1) is 11.6 Å². The Morgan fingerprint density at radius 3 is 2.61 bits per heavy atom. The molecule has 1 heterocycles. The monoisotopic (exact) mass is 472 g/mol. The fourth-order valence-electron chi connectivity index (χ4n) is 2.36. The van der Waals surface area contributed by atoms with Crippen molar-refractivity contribution in [3.05, 3.63) is 69.2 Å². The first-order valence-corrected chi connectivity index (χ1v) is 8.96. The number of carbonyl (C=O) groups is 1. The number of oxazole rings is 1. The maximum absolute atomic E-state index is 14.2. The van der Waals surface area contributed by atoms with Gasteiger partial charge in [0.05, 0.1) is 0 Å². The van der Waals surface area contributed by atoms with Gasteiger partial charge in [-0.1, -0.05) is 23.7 Å². The van der Waals surface area contributed by atoms with Crippen LogP contribution in [0.3, 0.4) is 0 Å². The molecule has 0 radical (unpaired) electrons. The van der Waals surface area contributed by atoms with Crippen molar-refractivity contribution in [1.82, 2.24) is 4.98 Å². The Bertz CT molecular complexity index is 1030. The van der Waals surface area contributed by atoms with E-state index in [-0.39, 0.29) is 10.6 Å². The summed E-state index contributed by atoms with van der Waals surface area (Å²) in [7, 11) is 0. The summed E-state index contributed by atoms with van der Waals surface area (Å²) < 4.78 is 38.4. The summed E-state index contributed by atoms with van der Waals surface area (Å²) in [6.07, 6.45) is -1.36. The van der Waals surface area contributed by atoms with Crippen LogP contribution in [-0.4, -0.2) is 22.6 Å². The predicted octanol–water partition coefficient (Wildman–Crippen LogP) is 4.25. The Morgan fingerprint density at radius 2 is 1.96 bits per heavy atom. The quantitative estimate of drug-likeness (QED) is 0.558. The molecule has 1 aromatic heterocycles. The van der Waals surface area contributed by atoms with E-state index in [1.54, 1.807) is 24.3 Å². The zero-order valence-corrected chi connectivity index (χ0v) is 16.3. The van der Waals surface area contributed by atoms with Crippen molar-refractivity contribution in [3.8, 4) is 17.0 Å². The molecule has 1 atom stereocenters. The van der Waals surface area contributed by atoms with Crippen LogP contribution in [0.4, 0.5) is 8.78 Å². The van der Waals surface area contributed by atoms with Crippen LogP contribution >= 0.6 is 27.5 Å². The zero-order chi connectivity index (χ0) is 20.4. The van der Waals surface area contributed by atoms with Crippen molar-refractivity contribution >= 4 is 33.4 Å². The van der Waals surface area contributed by atoms with Crippen molar-refractivity contribution in [2.24, 2.45) is 5.73 Å². The van der Waals surface area contributed by atoms with Crippen LogP contribution in [0.15, 0.2) is 45.5 Å². The fourth-order valence-corrected chi connectivity index (χ4v) is 2.97. The molecule has 0 aliphatic rings. The maximum atomic E-state index is 14.2. The van der Waals surface area contributed by atoms with Gasteiger partial charge in [-0.3, -0.25) is 4.79 Å². The molecule has 0 spiro atoms. The number of rotatable bonds is 6. The van der Waals surface area contributed by atoms with E-state index in [0.29, 0.717) is 16.3 Å². The van der Waals surface area contributed by atoms with E-state index in [4.69, 9.17) is 26.5 Å². The van der Waals surface area contributed by atoms with E-state index < -0.39 is 41.6 Å². The number of hydrogen-bond donors (Lipinski definition) is 2. The van der Waals surface area contributed by atoms with Crippen molar-refractivity contribution in [1.29, 1.82) is 0 Å². The third kappa shape index (κ3) is 4.16. The molecule has 0 saturated heterocycles. The highest BCUT2D eigenvalue weighted by Gasteiger charge is 2.23. The first-order chi connectivity index (χ1) is 13.3. The fraction of sp³-hybridized carbons (Fsp3) is 0.111. The number of benzene rings is 2. The molecule has 3 aromatic rings. The summed E-state index contributed by atoms with van der Waals surface area (Å²) in [6, 6.07) is 8.60. The van der Waals surface area contributed by atoms with Crippen molar-refractivity contribution in [2.45, 2.75) is 6.10 Å². The molecular weight excluding hydrogens is 462 g/mol. The molecule has 2 aromatic carbocycles. The number of amides is 1. The van der Waals surface area contributed by atoms with Gasteiger partial charge in [-0.25, -0.2) is 13.8 Å². The van der Waals surface area contributed by atoms with Gasteiger partial charge in [0.1, 0.15) is 23.7 Å². The standard InChI is InChI=1S/C18H12BrClF2N2O4/c19-16-15(8-1-3-9(20)4-2-8)24-18(28-16)11(25)7-27-12-6-5-10(21)13(14(12)22)17(23)26/h1-6,11,25H,7H2,(H2,23,26). The SMILES string of the molecule is NC(=O)c1c(F)ccc(OCC(O)c2nc(-c3ccc(Cl)cc3)c(Br)o2)c1F. The molecular formula is C18H12BrClF2N2O4. The lowest BCUT2D eigenvalue weighted by atomic mass is 10.1. The van der Waals surface area contributed by atoms with Gasteiger partial charge >= 0.3 is 0 Å². The van der Waals surface area contributed by atoms with Gasteiger partial charge in [-0.05, 0) is 40.2 Å². The lowest BCUT2D eigenvalue weighted by Gasteiger charge is -2.11. The maximum Gasteiger partial charge on any atom is 0.254 e. The molecule has 10 heteroatoms. The van der Waals surface area contributed by atoms with Crippen LogP contribution < -0.4 is 10.5 Å². The summed E-state index contributed by atoms with van der Waals surface area (Å²) in [4.78, 5) is 15.3. The molecule has 3 N–H and O–H groups in total.